The largest absolute Gasteiger partial charge is 1.00 e. The Labute approximate surface area is 378 Å². The number of anilines is 2. The molecule has 0 aliphatic carbocycles. The Morgan fingerprint density at radius 1 is 1.05 bits per heavy atom. The number of nitrogens with one attached hydrogen (secondary N) is 2. The van der Waals surface area contributed by atoms with Crippen molar-refractivity contribution in [3.05, 3.63) is 39.4 Å². The minimum atomic E-state index is -5.57. The molecule has 0 spiro atoms. The molecule has 0 aromatic carbocycles. The van der Waals surface area contributed by atoms with Crippen LogP contribution in [0.15, 0.2) is 28.2 Å². The number of unbranched alkanes of at least 4 members (excludes halogenated alkanes) is 2. The van der Waals surface area contributed by atoms with E-state index in [1.165, 1.54) is 23.9 Å². The number of aromatic amines is 1. The molecule has 7 N–H and O–H groups in total. The van der Waals surface area contributed by atoms with Crippen molar-refractivity contribution < 1.29 is 150 Å². The Hall–Kier alpha value is -0.640. The van der Waals surface area contributed by atoms with E-state index in [0.29, 0.717) is 12.8 Å². The van der Waals surface area contributed by atoms with Crippen LogP contribution in [0.2, 0.25) is 0 Å². The number of methoxy groups -OCH3 is 1. The van der Waals surface area contributed by atoms with Crippen LogP contribution in [0.5, 0.6) is 0 Å². The van der Waals surface area contributed by atoms with Crippen molar-refractivity contribution in [1.29, 1.82) is 0 Å². The Kier molecular flexibility index (Phi) is 20.3. The number of fused-ring (bicyclic) bond motifs is 1. The van der Waals surface area contributed by atoms with E-state index in [4.69, 9.17) is 34.7 Å². The van der Waals surface area contributed by atoms with Crippen molar-refractivity contribution in [2.45, 2.75) is 75.1 Å². The molecule has 55 heavy (non-hydrogen) atoms. The molecule has 0 radical (unpaired) electrons. The number of aliphatic carboxylic acids is 1. The molecule has 0 saturated carbocycles. The van der Waals surface area contributed by atoms with Crippen molar-refractivity contribution in [3.63, 3.8) is 0 Å². The average molecular weight is 846 g/mol. The summed E-state index contributed by atoms with van der Waals surface area (Å²) in [6, 6.07) is 1.33. The van der Waals surface area contributed by atoms with Gasteiger partial charge in [0.05, 0.1) is 33.5 Å². The standard InChI is InChI=1S/C26H39N9O15P2.3Na/c1-45-20-19(15(11-47-52(42,43)44)49-24(20)35-12-29-18-21(35)32-25(28)33-22(18)39)50-51(41,30-7-4-2-3-5-17(37)38)46-10-13-9-14(36)23(48-13)34-8-6-16(27)31-26(34)40;;;/h6,8,12-15,19-20,23-24,36H,2-5,7,9-11H2,1H3,(H,30,41)(H,37,38)(H2,27,31,40)(H2,42,43,44)(H3,28,32,33,39);;;/q;3*+1/p-3/t13-,14+,15+,19+,20+,23+,24+,51?;;;/m0.../s1. The number of imidazole rings is 1. The molecular weight excluding hydrogens is 809 g/mol. The summed E-state index contributed by atoms with van der Waals surface area (Å²) in [7, 11) is -8.88. The smallest absolute Gasteiger partial charge is 0.790 e. The zero-order chi connectivity index (χ0) is 37.8. The van der Waals surface area contributed by atoms with Crippen LogP contribution in [0.25, 0.3) is 11.2 Å². The summed E-state index contributed by atoms with van der Waals surface area (Å²) in [6.45, 7) is -1.46. The molecule has 0 amide bonds. The zero-order valence-corrected chi connectivity index (χ0v) is 38.2. The number of aliphatic hydroxyl groups excluding tert-OH is 1. The molecule has 1 unspecified atom stereocenters. The second kappa shape index (κ2) is 22.1. The topological polar surface area (TPSA) is 359 Å². The minimum Gasteiger partial charge on any atom is -0.790 e. The number of hydrogen-bond donors (Lipinski definition) is 5. The maximum atomic E-state index is 14.4. The first kappa shape index (κ1) is 50.5. The van der Waals surface area contributed by atoms with Crippen molar-refractivity contribution in [3.8, 4) is 0 Å². The van der Waals surface area contributed by atoms with Crippen molar-refractivity contribution in [2.24, 2.45) is 0 Å². The van der Waals surface area contributed by atoms with Crippen LogP contribution in [0.4, 0.5) is 11.8 Å². The monoisotopic (exact) mass is 845 g/mol. The molecule has 2 fully saturated rings. The van der Waals surface area contributed by atoms with E-state index < -0.39 is 89.0 Å². The Morgan fingerprint density at radius 2 is 1.78 bits per heavy atom. The summed E-state index contributed by atoms with van der Waals surface area (Å²) in [4.78, 5) is 72.5. The molecule has 0 bridgehead atoms. The summed E-state index contributed by atoms with van der Waals surface area (Å²) in [6.07, 6.45) is -5.85. The minimum absolute atomic E-state index is 0. The van der Waals surface area contributed by atoms with Gasteiger partial charge in [-0.1, -0.05) is 6.42 Å². The third-order valence-corrected chi connectivity index (χ3v) is 10.1. The van der Waals surface area contributed by atoms with Gasteiger partial charge >= 0.3 is 102 Å². The average Bonchev–Trinajstić information content (AvgIpc) is 3.75. The third-order valence-electron chi connectivity index (χ3n) is 8.02. The number of phosphoric ester groups is 1. The van der Waals surface area contributed by atoms with Gasteiger partial charge in [-0.2, -0.15) is 9.97 Å². The van der Waals surface area contributed by atoms with Gasteiger partial charge < -0.3 is 59.6 Å². The molecule has 5 heterocycles. The number of aliphatic hydroxyl groups is 1. The summed E-state index contributed by atoms with van der Waals surface area (Å²) in [5.41, 5.74) is 9.59. The van der Waals surface area contributed by atoms with Crippen LogP contribution in [-0.2, 0) is 41.7 Å². The van der Waals surface area contributed by atoms with E-state index in [1.54, 1.807) is 0 Å². The molecule has 5 rings (SSSR count). The maximum absolute atomic E-state index is 14.4. The van der Waals surface area contributed by atoms with Gasteiger partial charge in [0.25, 0.3) is 5.56 Å². The number of phosphoric acid groups is 1. The number of H-pyrrole nitrogens is 1. The van der Waals surface area contributed by atoms with Gasteiger partial charge in [-0.15, -0.1) is 0 Å². The Bertz CT molecular complexity index is 1950. The summed E-state index contributed by atoms with van der Waals surface area (Å²) >= 11 is 0. The molecule has 24 nitrogen and oxygen atoms in total. The fraction of sp³-hybridized carbons (Fsp3) is 0.615. The van der Waals surface area contributed by atoms with Gasteiger partial charge in [0.2, 0.25) is 5.95 Å². The van der Waals surface area contributed by atoms with Gasteiger partial charge in [0.1, 0.15) is 30.2 Å². The first-order valence-corrected chi connectivity index (χ1v) is 18.7. The van der Waals surface area contributed by atoms with Crippen LogP contribution in [0.3, 0.4) is 0 Å². The fourth-order valence-electron chi connectivity index (χ4n) is 5.69. The molecule has 2 saturated heterocycles. The quantitative estimate of drug-likeness (QED) is 0.0451. The summed E-state index contributed by atoms with van der Waals surface area (Å²) < 4.78 is 61.8. The number of aromatic nitrogens is 6. The number of nitrogens with zero attached hydrogens (tertiary/aromatic N) is 5. The molecule has 288 valence electrons. The van der Waals surface area contributed by atoms with Gasteiger partial charge in [-0.3, -0.25) is 28.0 Å². The van der Waals surface area contributed by atoms with E-state index >= 15 is 0 Å². The van der Waals surface area contributed by atoms with Gasteiger partial charge in [-0.25, -0.2) is 19.4 Å². The van der Waals surface area contributed by atoms with E-state index in [9.17, 15) is 43.5 Å². The molecule has 8 atom stereocenters. The number of ether oxygens (including phenoxy) is 3. The zero-order valence-electron chi connectivity index (χ0n) is 30.4. The van der Waals surface area contributed by atoms with Crippen molar-refractivity contribution in [2.75, 3.05) is 38.3 Å². The van der Waals surface area contributed by atoms with E-state index in [0.717, 1.165) is 10.9 Å². The second-order valence-electron chi connectivity index (χ2n) is 11.7. The first-order chi connectivity index (χ1) is 24.6. The van der Waals surface area contributed by atoms with Gasteiger partial charge in [0.15, 0.2) is 23.6 Å². The Balaban J connectivity index is 0.00000348. The fourth-order valence-corrected chi connectivity index (χ4v) is 7.61. The maximum Gasteiger partial charge on any atom is 1.00 e. The SMILES string of the molecule is CO[C@@H]1[C@H](OP(=O)(NCCCCCC(=O)[O-])OC[C@@H]2C[C@@H](O)[C@H](n3ccc(N)nc3=O)O2)[C@@H](COP(=O)([O-])[O-])O[C@H]1n1cnc2c(=O)[nH]c(N)nc21.[Na+].[Na+].[Na+]. The first-order valence-electron chi connectivity index (χ1n) is 15.7. The van der Waals surface area contributed by atoms with Crippen LogP contribution in [0, 0.1) is 0 Å². The number of rotatable bonds is 18. The number of nitrogens with two attached hydrogens (primary N) is 2. The summed E-state index contributed by atoms with van der Waals surface area (Å²) in [5, 5.41) is 24.1. The third kappa shape index (κ3) is 13.4. The molecule has 29 heteroatoms. The van der Waals surface area contributed by atoms with Gasteiger partial charge in [-0.05, 0) is 25.3 Å². The van der Waals surface area contributed by atoms with Crippen LogP contribution in [0.1, 0.15) is 44.6 Å². The van der Waals surface area contributed by atoms with E-state index in [2.05, 4.69) is 29.5 Å². The predicted octanol–water partition coefficient (Wildman–Crippen LogP) is -12.6. The molecular formula is C26H36N9Na3O15P2. The van der Waals surface area contributed by atoms with Gasteiger partial charge in [0, 0.05) is 32.2 Å². The number of nitrogen functional groups attached to an aromatic ring is 2. The number of hydrogen-bond acceptors (Lipinski definition) is 20. The van der Waals surface area contributed by atoms with Crippen molar-refractivity contribution in [1.82, 2.24) is 34.2 Å². The van der Waals surface area contributed by atoms with E-state index in [-0.39, 0.29) is 137 Å². The molecule has 2 aliphatic rings. The number of carboxylic acids is 1. The molecule has 3 aromatic heterocycles. The predicted molar refractivity (Wildman–Crippen MR) is 168 cm³/mol. The van der Waals surface area contributed by atoms with Crippen molar-refractivity contribution >= 4 is 44.5 Å². The number of carboxylic acid groups (broad SMARTS) is 1. The molecule has 2 aliphatic heterocycles. The summed E-state index contributed by atoms with van der Waals surface area (Å²) in [5.74, 6) is -1.54. The van der Waals surface area contributed by atoms with Crippen LogP contribution < -0.4 is 131 Å². The van der Waals surface area contributed by atoms with Crippen LogP contribution >= 0.6 is 15.6 Å². The number of carbonyl (C=O) groups excluding carboxylic acids is 1. The van der Waals surface area contributed by atoms with E-state index in [1.807, 2.05) is 0 Å². The second-order valence-corrected chi connectivity index (χ2v) is 14.7. The number of carbonyl (C=O) groups is 1. The normalized spacial score (nSPS) is 24.8. The molecule has 3 aromatic rings. The Morgan fingerprint density at radius 3 is 2.44 bits per heavy atom. The van der Waals surface area contributed by atoms with Crippen LogP contribution in [-0.4, -0.2) is 97.5 Å².